The number of benzene rings is 1. The summed E-state index contributed by atoms with van der Waals surface area (Å²) in [5, 5.41) is 18.7. The number of aromatic hydroxyl groups is 1. The Balaban J connectivity index is 2.87. The number of nitrogens with one attached hydrogen (secondary N) is 2. The lowest BCUT2D eigenvalue weighted by Crippen LogP contribution is -1.89. The predicted octanol–water partition coefficient (Wildman–Crippen LogP) is 1.45. The SMILES string of the molecule is CNc1n[nH]c2c(O)ccc(F)c12. The van der Waals surface area contributed by atoms with Gasteiger partial charge in [0.25, 0.3) is 0 Å². The standard InChI is InChI=1S/C8H8FN3O/c1-10-8-6-4(9)2-3-5(13)7(6)11-12-8/h2-3,13H,1H3,(H2,10,11,12). The van der Waals surface area contributed by atoms with E-state index < -0.39 is 5.82 Å². The molecule has 0 amide bonds. The van der Waals surface area contributed by atoms with Crippen molar-refractivity contribution in [3.63, 3.8) is 0 Å². The van der Waals surface area contributed by atoms with Gasteiger partial charge < -0.3 is 10.4 Å². The smallest absolute Gasteiger partial charge is 0.158 e. The van der Waals surface area contributed by atoms with Crippen LogP contribution in [-0.4, -0.2) is 22.4 Å². The van der Waals surface area contributed by atoms with Crippen molar-refractivity contribution in [2.24, 2.45) is 0 Å². The van der Waals surface area contributed by atoms with E-state index in [1.54, 1.807) is 7.05 Å². The molecule has 0 bridgehead atoms. The van der Waals surface area contributed by atoms with Crippen molar-refractivity contribution in [1.29, 1.82) is 0 Å². The van der Waals surface area contributed by atoms with Crippen molar-refractivity contribution in [1.82, 2.24) is 10.2 Å². The minimum absolute atomic E-state index is 0.00889. The van der Waals surface area contributed by atoms with Crippen LogP contribution in [0, 0.1) is 5.82 Å². The van der Waals surface area contributed by atoms with E-state index in [2.05, 4.69) is 15.5 Å². The molecular formula is C8H8FN3O. The number of anilines is 1. The van der Waals surface area contributed by atoms with E-state index in [1.165, 1.54) is 12.1 Å². The molecule has 4 nitrogen and oxygen atoms in total. The first kappa shape index (κ1) is 7.85. The predicted molar refractivity (Wildman–Crippen MR) is 47.3 cm³/mol. The molecule has 1 heterocycles. The summed E-state index contributed by atoms with van der Waals surface area (Å²) in [5.41, 5.74) is 0.310. The van der Waals surface area contributed by atoms with Crippen LogP contribution >= 0.6 is 0 Å². The molecular weight excluding hydrogens is 173 g/mol. The normalized spacial score (nSPS) is 10.6. The van der Waals surface area contributed by atoms with Crippen molar-refractivity contribution in [2.45, 2.75) is 0 Å². The summed E-state index contributed by atoms with van der Waals surface area (Å²) in [6.45, 7) is 0. The number of aromatic nitrogens is 2. The van der Waals surface area contributed by atoms with E-state index in [-0.39, 0.29) is 11.1 Å². The monoisotopic (exact) mass is 181 g/mol. The molecule has 0 unspecified atom stereocenters. The molecule has 0 fully saturated rings. The van der Waals surface area contributed by atoms with Crippen LogP contribution in [0.5, 0.6) is 5.75 Å². The summed E-state index contributed by atoms with van der Waals surface area (Å²) in [7, 11) is 1.64. The van der Waals surface area contributed by atoms with Crippen molar-refractivity contribution < 1.29 is 9.50 Å². The van der Waals surface area contributed by atoms with Gasteiger partial charge in [0, 0.05) is 7.05 Å². The molecule has 0 radical (unpaired) electrons. The van der Waals surface area contributed by atoms with Crippen LogP contribution in [0.1, 0.15) is 0 Å². The van der Waals surface area contributed by atoms with Gasteiger partial charge >= 0.3 is 0 Å². The Kier molecular flexibility index (Phi) is 1.58. The maximum atomic E-state index is 13.2. The van der Waals surface area contributed by atoms with E-state index in [0.717, 1.165) is 0 Å². The van der Waals surface area contributed by atoms with Crippen LogP contribution in [0.3, 0.4) is 0 Å². The van der Waals surface area contributed by atoms with Crippen LogP contribution in [0.25, 0.3) is 10.9 Å². The molecule has 0 aliphatic rings. The molecule has 1 aromatic heterocycles. The van der Waals surface area contributed by atoms with E-state index in [9.17, 15) is 9.50 Å². The third kappa shape index (κ3) is 1.00. The maximum absolute atomic E-state index is 13.2. The number of rotatable bonds is 1. The third-order valence-electron chi connectivity index (χ3n) is 1.89. The first-order valence-corrected chi connectivity index (χ1v) is 3.77. The Bertz CT molecular complexity index is 452. The molecule has 2 aromatic rings. The maximum Gasteiger partial charge on any atom is 0.158 e. The van der Waals surface area contributed by atoms with Gasteiger partial charge in [-0.05, 0) is 12.1 Å². The molecule has 1 aromatic carbocycles. The highest BCUT2D eigenvalue weighted by molar-refractivity contribution is 5.93. The quantitative estimate of drug-likeness (QED) is 0.624. The van der Waals surface area contributed by atoms with E-state index >= 15 is 0 Å². The Hall–Kier alpha value is -1.78. The number of nitrogens with zero attached hydrogens (tertiary/aromatic N) is 1. The van der Waals surface area contributed by atoms with Crippen LogP contribution in [0.15, 0.2) is 12.1 Å². The number of phenols is 1. The second-order valence-electron chi connectivity index (χ2n) is 2.64. The molecule has 68 valence electrons. The zero-order chi connectivity index (χ0) is 9.42. The zero-order valence-electron chi connectivity index (χ0n) is 6.93. The number of H-pyrrole nitrogens is 1. The fourth-order valence-electron chi connectivity index (χ4n) is 1.26. The summed E-state index contributed by atoms with van der Waals surface area (Å²) in [6, 6.07) is 2.49. The number of hydrogen-bond donors (Lipinski definition) is 3. The van der Waals surface area contributed by atoms with Gasteiger partial charge in [0.05, 0.1) is 5.39 Å². The Labute approximate surface area is 73.4 Å². The number of hydrogen-bond acceptors (Lipinski definition) is 3. The zero-order valence-corrected chi connectivity index (χ0v) is 6.93. The van der Waals surface area contributed by atoms with Gasteiger partial charge in [-0.1, -0.05) is 0 Å². The first-order valence-electron chi connectivity index (χ1n) is 3.77. The molecule has 0 spiro atoms. The van der Waals surface area contributed by atoms with Gasteiger partial charge in [-0.25, -0.2) is 4.39 Å². The van der Waals surface area contributed by atoms with Gasteiger partial charge in [-0.3, -0.25) is 5.10 Å². The van der Waals surface area contributed by atoms with Gasteiger partial charge in [-0.2, -0.15) is 5.10 Å². The Morgan fingerprint density at radius 3 is 3.00 bits per heavy atom. The van der Waals surface area contributed by atoms with Crippen LogP contribution in [0.2, 0.25) is 0 Å². The summed E-state index contributed by atoms with van der Waals surface area (Å²) in [6.07, 6.45) is 0. The number of phenolic OH excluding ortho intramolecular Hbond substituents is 1. The molecule has 13 heavy (non-hydrogen) atoms. The second-order valence-corrected chi connectivity index (χ2v) is 2.64. The fraction of sp³-hybridized carbons (Fsp3) is 0.125. The second kappa shape index (κ2) is 2.62. The highest BCUT2D eigenvalue weighted by atomic mass is 19.1. The van der Waals surface area contributed by atoms with Gasteiger partial charge in [0.2, 0.25) is 0 Å². The first-order chi connectivity index (χ1) is 6.24. The summed E-state index contributed by atoms with van der Waals surface area (Å²) in [5.74, 6) is -0.0281. The molecule has 0 aliphatic heterocycles. The van der Waals surface area contributed by atoms with Gasteiger partial charge in [0.1, 0.15) is 17.1 Å². The summed E-state index contributed by atoms with van der Waals surface area (Å²) >= 11 is 0. The molecule has 5 heteroatoms. The van der Waals surface area contributed by atoms with Crippen molar-refractivity contribution in [2.75, 3.05) is 12.4 Å². The molecule has 2 rings (SSSR count). The van der Waals surface area contributed by atoms with E-state index in [0.29, 0.717) is 11.3 Å². The highest BCUT2D eigenvalue weighted by Crippen LogP contribution is 2.29. The number of aromatic amines is 1. The largest absolute Gasteiger partial charge is 0.506 e. The van der Waals surface area contributed by atoms with Crippen molar-refractivity contribution in [3.05, 3.63) is 17.9 Å². The fourth-order valence-corrected chi connectivity index (χ4v) is 1.26. The lowest BCUT2D eigenvalue weighted by Gasteiger charge is -1.97. The Morgan fingerprint density at radius 2 is 2.31 bits per heavy atom. The lowest BCUT2D eigenvalue weighted by atomic mass is 10.2. The van der Waals surface area contributed by atoms with Crippen molar-refractivity contribution in [3.8, 4) is 5.75 Å². The summed E-state index contributed by atoms with van der Waals surface area (Å²) < 4.78 is 13.2. The third-order valence-corrected chi connectivity index (χ3v) is 1.89. The van der Waals surface area contributed by atoms with Crippen LogP contribution in [0.4, 0.5) is 10.2 Å². The Morgan fingerprint density at radius 1 is 1.54 bits per heavy atom. The molecule has 3 N–H and O–H groups in total. The molecule has 0 saturated carbocycles. The molecule has 0 saturated heterocycles. The highest BCUT2D eigenvalue weighted by Gasteiger charge is 2.11. The van der Waals surface area contributed by atoms with E-state index in [1.807, 2.05) is 0 Å². The van der Waals surface area contributed by atoms with Crippen LogP contribution < -0.4 is 5.32 Å². The number of fused-ring (bicyclic) bond motifs is 1. The number of halogens is 1. The van der Waals surface area contributed by atoms with Crippen LogP contribution in [-0.2, 0) is 0 Å². The molecule has 0 aliphatic carbocycles. The van der Waals surface area contributed by atoms with Gasteiger partial charge in [0.15, 0.2) is 5.82 Å². The topological polar surface area (TPSA) is 60.9 Å². The average Bonchev–Trinajstić information content (AvgIpc) is 2.56. The minimum atomic E-state index is -0.411. The molecule has 0 atom stereocenters. The minimum Gasteiger partial charge on any atom is -0.506 e. The van der Waals surface area contributed by atoms with Crippen molar-refractivity contribution >= 4 is 16.7 Å². The van der Waals surface area contributed by atoms with E-state index in [4.69, 9.17) is 0 Å². The lowest BCUT2D eigenvalue weighted by molar-refractivity contribution is 0.479. The van der Waals surface area contributed by atoms with Gasteiger partial charge in [-0.15, -0.1) is 0 Å². The summed E-state index contributed by atoms with van der Waals surface area (Å²) in [4.78, 5) is 0. The average molecular weight is 181 g/mol.